The number of rotatable bonds is 8. The fourth-order valence-electron chi connectivity index (χ4n) is 3.35. The number of amides is 1. The summed E-state index contributed by atoms with van der Waals surface area (Å²) in [4.78, 5) is 36.9. The van der Waals surface area contributed by atoms with E-state index >= 15 is 0 Å². The molecule has 0 heterocycles. The summed E-state index contributed by atoms with van der Waals surface area (Å²) in [5.74, 6) is -1.51. The van der Waals surface area contributed by atoms with Gasteiger partial charge in [-0.15, -0.1) is 0 Å². The molecule has 1 aliphatic carbocycles. The fraction of sp³-hybridized carbons (Fsp3) is 0.545. The van der Waals surface area contributed by atoms with Crippen molar-refractivity contribution < 1.29 is 28.6 Å². The highest BCUT2D eigenvalue weighted by molar-refractivity contribution is 5.96. The molecule has 1 amide bonds. The van der Waals surface area contributed by atoms with Crippen LogP contribution in [0.25, 0.3) is 0 Å². The number of hydrogen-bond donors (Lipinski definition) is 1. The molecule has 1 atom stereocenters. The second kappa shape index (κ2) is 10.6. The van der Waals surface area contributed by atoms with Crippen LogP contribution in [0.4, 0.5) is 0 Å². The Morgan fingerprint density at radius 1 is 1.03 bits per heavy atom. The number of nitrogens with zero attached hydrogens (tertiary/aromatic N) is 1. The molecule has 8 heteroatoms. The first kappa shape index (κ1) is 23.2. The van der Waals surface area contributed by atoms with E-state index < -0.39 is 29.5 Å². The van der Waals surface area contributed by atoms with Gasteiger partial charge in [0.15, 0.2) is 6.10 Å². The highest BCUT2D eigenvalue weighted by Gasteiger charge is 2.35. The molecule has 1 N–H and O–H groups in total. The van der Waals surface area contributed by atoms with Gasteiger partial charge >= 0.3 is 11.9 Å². The third-order valence-electron chi connectivity index (χ3n) is 4.89. The van der Waals surface area contributed by atoms with Crippen molar-refractivity contribution >= 4 is 17.8 Å². The first-order valence-electron chi connectivity index (χ1n) is 10.2. The van der Waals surface area contributed by atoms with Crippen LogP contribution in [0.3, 0.4) is 0 Å². The molecule has 1 fully saturated rings. The maximum atomic E-state index is 12.7. The van der Waals surface area contributed by atoms with Crippen molar-refractivity contribution in [1.82, 2.24) is 5.32 Å². The van der Waals surface area contributed by atoms with Gasteiger partial charge in [-0.2, -0.15) is 5.26 Å². The minimum absolute atomic E-state index is 0.116. The summed E-state index contributed by atoms with van der Waals surface area (Å²) in [5.41, 5.74) is -0.646. The largest absolute Gasteiger partial charge is 0.481 e. The van der Waals surface area contributed by atoms with Gasteiger partial charge in [0.2, 0.25) is 0 Å². The van der Waals surface area contributed by atoms with Crippen molar-refractivity contribution in [2.45, 2.75) is 64.5 Å². The lowest BCUT2D eigenvalue weighted by atomic mass is 9.83. The SMILES string of the molecule is CCOC(=O)c1cc(O[C@@H](C)C(=O)NC2(C#N)CCCCC2)cc(C(=O)OCC)c1. The second-order valence-corrected chi connectivity index (χ2v) is 7.19. The van der Waals surface area contributed by atoms with Crippen LogP contribution in [0.2, 0.25) is 0 Å². The lowest BCUT2D eigenvalue weighted by Gasteiger charge is -2.32. The zero-order chi connectivity index (χ0) is 22.1. The molecular weight excluding hydrogens is 388 g/mol. The van der Waals surface area contributed by atoms with E-state index in [9.17, 15) is 19.6 Å². The number of nitriles is 1. The Hall–Kier alpha value is -3.08. The summed E-state index contributed by atoms with van der Waals surface area (Å²) < 4.78 is 15.7. The van der Waals surface area contributed by atoms with E-state index in [-0.39, 0.29) is 30.1 Å². The quantitative estimate of drug-likeness (QED) is 0.647. The molecule has 1 aromatic rings. The molecule has 0 bridgehead atoms. The van der Waals surface area contributed by atoms with Crippen molar-refractivity contribution in [1.29, 1.82) is 5.26 Å². The van der Waals surface area contributed by atoms with Gasteiger partial charge in [-0.1, -0.05) is 19.3 Å². The minimum Gasteiger partial charge on any atom is -0.481 e. The lowest BCUT2D eigenvalue weighted by Crippen LogP contribution is -2.52. The van der Waals surface area contributed by atoms with E-state index in [0.29, 0.717) is 12.8 Å². The molecule has 1 saturated carbocycles. The van der Waals surface area contributed by atoms with Gasteiger partial charge in [-0.3, -0.25) is 4.79 Å². The summed E-state index contributed by atoms with van der Waals surface area (Å²) in [6.45, 7) is 5.24. The normalized spacial score (nSPS) is 15.9. The third kappa shape index (κ3) is 5.96. The lowest BCUT2D eigenvalue weighted by molar-refractivity contribution is -0.129. The molecule has 30 heavy (non-hydrogen) atoms. The highest BCUT2D eigenvalue weighted by atomic mass is 16.5. The van der Waals surface area contributed by atoms with E-state index in [4.69, 9.17) is 14.2 Å². The number of hydrogen-bond acceptors (Lipinski definition) is 7. The van der Waals surface area contributed by atoms with E-state index in [1.807, 2.05) is 0 Å². The monoisotopic (exact) mass is 416 g/mol. The predicted octanol–water partition coefficient (Wildman–Crippen LogP) is 3.15. The first-order chi connectivity index (χ1) is 14.3. The molecule has 0 radical (unpaired) electrons. The Bertz CT molecular complexity index is 787. The van der Waals surface area contributed by atoms with Crippen LogP contribution in [0.1, 0.15) is 73.6 Å². The minimum atomic E-state index is -0.940. The second-order valence-electron chi connectivity index (χ2n) is 7.19. The van der Waals surface area contributed by atoms with Gasteiger partial charge in [-0.25, -0.2) is 9.59 Å². The molecule has 0 aliphatic heterocycles. The average Bonchev–Trinajstić information content (AvgIpc) is 2.74. The summed E-state index contributed by atoms with van der Waals surface area (Å²) in [6, 6.07) is 6.41. The van der Waals surface area contributed by atoms with Crippen molar-refractivity contribution in [3.05, 3.63) is 29.3 Å². The number of esters is 2. The Balaban J connectivity index is 2.20. The molecule has 162 valence electrons. The van der Waals surface area contributed by atoms with Gasteiger partial charge in [0.05, 0.1) is 30.4 Å². The van der Waals surface area contributed by atoms with E-state index in [1.165, 1.54) is 18.2 Å². The Labute approximate surface area is 176 Å². The Morgan fingerprint density at radius 3 is 2.03 bits per heavy atom. The zero-order valence-corrected chi connectivity index (χ0v) is 17.7. The average molecular weight is 416 g/mol. The summed E-state index contributed by atoms with van der Waals surface area (Å²) in [7, 11) is 0. The first-order valence-corrected chi connectivity index (χ1v) is 10.2. The molecule has 0 unspecified atom stereocenters. The van der Waals surface area contributed by atoms with Gasteiger partial charge in [0.25, 0.3) is 5.91 Å². The molecular formula is C22H28N2O6. The van der Waals surface area contributed by atoms with Crippen LogP contribution >= 0.6 is 0 Å². The molecule has 0 aromatic heterocycles. The Morgan fingerprint density at radius 2 is 1.57 bits per heavy atom. The topological polar surface area (TPSA) is 115 Å². The van der Waals surface area contributed by atoms with Crippen LogP contribution in [-0.4, -0.2) is 42.7 Å². The zero-order valence-electron chi connectivity index (χ0n) is 17.7. The fourth-order valence-corrected chi connectivity index (χ4v) is 3.35. The molecule has 1 aliphatic rings. The number of nitrogens with one attached hydrogen (secondary N) is 1. The summed E-state index contributed by atoms with van der Waals surface area (Å²) >= 11 is 0. The molecule has 0 saturated heterocycles. The summed E-state index contributed by atoms with van der Waals surface area (Å²) in [5, 5.41) is 12.4. The van der Waals surface area contributed by atoms with Crippen molar-refractivity contribution in [3.63, 3.8) is 0 Å². The number of carbonyl (C=O) groups is 3. The molecule has 1 aromatic carbocycles. The van der Waals surface area contributed by atoms with E-state index in [0.717, 1.165) is 19.3 Å². The van der Waals surface area contributed by atoms with E-state index in [1.54, 1.807) is 20.8 Å². The van der Waals surface area contributed by atoms with Crippen LogP contribution < -0.4 is 10.1 Å². The van der Waals surface area contributed by atoms with Gasteiger partial charge < -0.3 is 19.5 Å². The number of benzene rings is 1. The van der Waals surface area contributed by atoms with Gasteiger partial charge in [0.1, 0.15) is 11.3 Å². The van der Waals surface area contributed by atoms with E-state index in [2.05, 4.69) is 11.4 Å². The standard InChI is InChI=1S/C22H28N2O6/c1-4-28-20(26)16-11-17(21(27)29-5-2)13-18(12-16)30-15(3)19(25)24-22(14-23)9-7-6-8-10-22/h11-13,15H,4-10H2,1-3H3,(H,24,25)/t15-/m0/s1. The van der Waals surface area contributed by atoms with Crippen LogP contribution in [0.5, 0.6) is 5.75 Å². The molecule has 2 rings (SSSR count). The van der Waals surface area contributed by atoms with Crippen LogP contribution in [0, 0.1) is 11.3 Å². The van der Waals surface area contributed by atoms with Crippen molar-refractivity contribution in [2.24, 2.45) is 0 Å². The van der Waals surface area contributed by atoms with Crippen LogP contribution in [0.15, 0.2) is 18.2 Å². The Kier molecular flexibility index (Phi) is 8.22. The van der Waals surface area contributed by atoms with Crippen molar-refractivity contribution in [3.8, 4) is 11.8 Å². The van der Waals surface area contributed by atoms with Crippen LogP contribution in [-0.2, 0) is 14.3 Å². The highest BCUT2D eigenvalue weighted by Crippen LogP contribution is 2.28. The smallest absolute Gasteiger partial charge is 0.338 e. The van der Waals surface area contributed by atoms with Gasteiger partial charge in [0, 0.05) is 0 Å². The predicted molar refractivity (Wildman–Crippen MR) is 108 cm³/mol. The molecule has 8 nitrogen and oxygen atoms in total. The third-order valence-corrected chi connectivity index (χ3v) is 4.89. The van der Waals surface area contributed by atoms with Crippen molar-refractivity contribution in [2.75, 3.05) is 13.2 Å². The van der Waals surface area contributed by atoms with Gasteiger partial charge in [-0.05, 0) is 51.8 Å². The maximum Gasteiger partial charge on any atom is 0.338 e. The summed E-state index contributed by atoms with van der Waals surface area (Å²) in [6.07, 6.45) is 3.08. The number of carbonyl (C=O) groups excluding carboxylic acids is 3. The number of ether oxygens (including phenoxy) is 3. The maximum absolute atomic E-state index is 12.7. The molecule has 0 spiro atoms.